The van der Waals surface area contributed by atoms with Gasteiger partial charge in [-0.1, -0.05) is 68.7 Å². The molecule has 3 heteroatoms. The van der Waals surface area contributed by atoms with Gasteiger partial charge in [-0.05, 0) is 73.8 Å². The Hall–Kier alpha value is -0.270. The van der Waals surface area contributed by atoms with E-state index in [-0.39, 0.29) is 0 Å². The van der Waals surface area contributed by atoms with E-state index in [2.05, 4.69) is 11.9 Å². The minimum absolute atomic E-state index is 0.426. The molecule has 0 amide bonds. The van der Waals surface area contributed by atoms with Crippen LogP contribution < -0.4 is 0 Å². The third-order valence-corrected chi connectivity index (χ3v) is 7.52. The molecule has 1 aromatic rings. The molecule has 0 unspecified atom stereocenters. The van der Waals surface area contributed by atoms with Crippen molar-refractivity contribution in [2.24, 2.45) is 17.8 Å². The van der Waals surface area contributed by atoms with Crippen LogP contribution in [0.4, 0.5) is 0 Å². The van der Waals surface area contributed by atoms with Crippen molar-refractivity contribution in [2.45, 2.75) is 89.9 Å². The van der Waals surface area contributed by atoms with E-state index in [9.17, 15) is 0 Å². The lowest BCUT2D eigenvalue weighted by atomic mass is 9.68. The van der Waals surface area contributed by atoms with Gasteiger partial charge in [0.1, 0.15) is 5.15 Å². The zero-order valence-corrected chi connectivity index (χ0v) is 17.2. The van der Waals surface area contributed by atoms with Gasteiger partial charge < -0.3 is 0 Å². The van der Waals surface area contributed by atoms with Gasteiger partial charge in [0.25, 0.3) is 0 Å². The quantitative estimate of drug-likeness (QED) is 0.358. The maximum Gasteiger partial charge on any atom is 0.147 e. The Morgan fingerprint density at radius 2 is 1.56 bits per heavy atom. The van der Waals surface area contributed by atoms with Crippen LogP contribution in [-0.4, -0.2) is 4.98 Å². The lowest BCUT2D eigenvalue weighted by molar-refractivity contribution is 0.155. The van der Waals surface area contributed by atoms with Crippen molar-refractivity contribution in [3.8, 4) is 0 Å². The van der Waals surface area contributed by atoms with Crippen molar-refractivity contribution in [1.82, 2.24) is 4.98 Å². The van der Waals surface area contributed by atoms with E-state index in [1.807, 2.05) is 12.3 Å². The Kier molecular flexibility index (Phi) is 7.49. The van der Waals surface area contributed by atoms with Gasteiger partial charge in [-0.3, -0.25) is 0 Å². The van der Waals surface area contributed by atoms with Crippen molar-refractivity contribution in [1.29, 1.82) is 0 Å². The highest BCUT2D eigenvalue weighted by Crippen LogP contribution is 2.44. The molecular formula is C22H33Cl2N. The van der Waals surface area contributed by atoms with Gasteiger partial charge in [0.15, 0.2) is 0 Å². The second kappa shape index (κ2) is 9.60. The first-order valence-corrected chi connectivity index (χ1v) is 11.2. The fourth-order valence-corrected chi connectivity index (χ4v) is 5.49. The molecule has 0 spiro atoms. The smallest absolute Gasteiger partial charge is 0.147 e. The molecule has 0 aliphatic heterocycles. The van der Waals surface area contributed by atoms with Crippen LogP contribution in [0.25, 0.3) is 0 Å². The van der Waals surface area contributed by atoms with Gasteiger partial charge in [-0.2, -0.15) is 0 Å². The van der Waals surface area contributed by atoms with Gasteiger partial charge in [-0.25, -0.2) is 4.98 Å². The van der Waals surface area contributed by atoms with Crippen LogP contribution in [0.5, 0.6) is 0 Å². The molecular weight excluding hydrogens is 349 g/mol. The first-order chi connectivity index (χ1) is 12.2. The standard InChI is InChI=1S/C22H33Cl2N/c1-2-3-4-5-16-6-8-17(9-7-16)18-10-12-19(13-11-18)20-14-21(23)22(24)25-15-20/h14-19H,2-13H2,1H3/t16-,17-,18?,19?. The molecule has 0 saturated heterocycles. The highest BCUT2D eigenvalue weighted by molar-refractivity contribution is 6.41. The van der Waals surface area contributed by atoms with E-state index in [1.165, 1.54) is 82.6 Å². The number of nitrogens with zero attached hydrogens (tertiary/aromatic N) is 1. The number of halogens is 2. The molecule has 0 N–H and O–H groups in total. The average molecular weight is 382 g/mol. The molecule has 1 nitrogen and oxygen atoms in total. The first-order valence-electron chi connectivity index (χ1n) is 10.5. The lowest BCUT2D eigenvalue weighted by Gasteiger charge is -2.38. The topological polar surface area (TPSA) is 12.9 Å². The Morgan fingerprint density at radius 3 is 2.16 bits per heavy atom. The Morgan fingerprint density at radius 1 is 0.920 bits per heavy atom. The van der Waals surface area contributed by atoms with Gasteiger partial charge in [0.2, 0.25) is 0 Å². The van der Waals surface area contributed by atoms with E-state index in [0.717, 1.165) is 17.8 Å². The van der Waals surface area contributed by atoms with Gasteiger partial charge >= 0.3 is 0 Å². The molecule has 1 aromatic heterocycles. The number of pyridine rings is 1. The number of aromatic nitrogens is 1. The van der Waals surface area contributed by atoms with Crippen molar-refractivity contribution in [3.63, 3.8) is 0 Å². The molecule has 0 bridgehead atoms. The minimum Gasteiger partial charge on any atom is -0.243 e. The molecule has 0 aromatic carbocycles. The van der Waals surface area contributed by atoms with E-state index in [1.54, 1.807) is 0 Å². The SMILES string of the molecule is CCCCC[C@H]1CC[C@H](C2CCC(c3cnc(Cl)c(Cl)c3)CC2)CC1. The summed E-state index contributed by atoms with van der Waals surface area (Å²) in [7, 11) is 0. The largest absolute Gasteiger partial charge is 0.243 e. The van der Waals surface area contributed by atoms with Crippen LogP contribution in [0.15, 0.2) is 12.3 Å². The number of unbranched alkanes of at least 4 members (excludes halogenated alkanes) is 2. The monoisotopic (exact) mass is 381 g/mol. The number of hydrogen-bond acceptors (Lipinski definition) is 1. The predicted molar refractivity (Wildman–Crippen MR) is 109 cm³/mol. The van der Waals surface area contributed by atoms with E-state index >= 15 is 0 Å². The third kappa shape index (κ3) is 5.36. The first kappa shape index (κ1) is 19.5. The van der Waals surface area contributed by atoms with Crippen molar-refractivity contribution in [2.75, 3.05) is 0 Å². The van der Waals surface area contributed by atoms with Crippen molar-refractivity contribution >= 4 is 23.2 Å². The molecule has 3 rings (SSSR count). The van der Waals surface area contributed by atoms with Crippen LogP contribution in [0.2, 0.25) is 10.2 Å². The Balaban J connectivity index is 1.43. The predicted octanol–water partition coefficient (Wildman–Crippen LogP) is 8.05. The summed E-state index contributed by atoms with van der Waals surface area (Å²) in [4.78, 5) is 4.24. The third-order valence-electron chi connectivity index (χ3n) is 6.83. The number of rotatable bonds is 6. The molecule has 2 fully saturated rings. The lowest BCUT2D eigenvalue weighted by Crippen LogP contribution is -2.25. The summed E-state index contributed by atoms with van der Waals surface area (Å²) in [6.45, 7) is 2.31. The molecule has 140 valence electrons. The van der Waals surface area contributed by atoms with Crippen molar-refractivity contribution < 1.29 is 0 Å². The normalized spacial score (nSPS) is 30.4. The van der Waals surface area contributed by atoms with E-state index in [4.69, 9.17) is 23.2 Å². The zero-order chi connectivity index (χ0) is 17.6. The molecule has 2 saturated carbocycles. The molecule has 0 atom stereocenters. The van der Waals surface area contributed by atoms with Gasteiger partial charge in [-0.15, -0.1) is 0 Å². The maximum absolute atomic E-state index is 6.15. The second-order valence-electron chi connectivity index (χ2n) is 8.43. The highest BCUT2D eigenvalue weighted by atomic mass is 35.5. The van der Waals surface area contributed by atoms with Crippen LogP contribution in [-0.2, 0) is 0 Å². The fourth-order valence-electron chi connectivity index (χ4n) is 5.21. The van der Waals surface area contributed by atoms with Crippen LogP contribution in [0.1, 0.15) is 95.5 Å². The fraction of sp³-hybridized carbons (Fsp3) is 0.773. The summed E-state index contributed by atoms with van der Waals surface area (Å²) >= 11 is 12.1. The minimum atomic E-state index is 0.426. The maximum atomic E-state index is 6.15. The summed E-state index contributed by atoms with van der Waals surface area (Å²) in [5.74, 6) is 3.62. The van der Waals surface area contributed by atoms with Crippen LogP contribution in [0, 0.1) is 17.8 Å². The molecule has 2 aliphatic carbocycles. The van der Waals surface area contributed by atoms with Gasteiger partial charge in [0.05, 0.1) is 5.02 Å². The summed E-state index contributed by atoms with van der Waals surface area (Å²) in [6.07, 6.45) is 19.0. The molecule has 0 radical (unpaired) electrons. The second-order valence-corrected chi connectivity index (χ2v) is 9.19. The summed E-state index contributed by atoms with van der Waals surface area (Å²) in [5.41, 5.74) is 1.28. The Labute approximate surface area is 163 Å². The van der Waals surface area contributed by atoms with Crippen LogP contribution >= 0.6 is 23.2 Å². The molecule has 25 heavy (non-hydrogen) atoms. The summed E-state index contributed by atoms with van der Waals surface area (Å²) in [6, 6.07) is 2.03. The van der Waals surface area contributed by atoms with Crippen molar-refractivity contribution in [3.05, 3.63) is 28.0 Å². The summed E-state index contributed by atoms with van der Waals surface area (Å²) < 4.78 is 0. The van der Waals surface area contributed by atoms with Crippen LogP contribution in [0.3, 0.4) is 0 Å². The zero-order valence-electron chi connectivity index (χ0n) is 15.7. The van der Waals surface area contributed by atoms with E-state index < -0.39 is 0 Å². The average Bonchev–Trinajstić information content (AvgIpc) is 2.65. The number of hydrogen-bond donors (Lipinski definition) is 0. The Bertz CT molecular complexity index is 529. The molecule has 2 aliphatic rings. The van der Waals surface area contributed by atoms with E-state index in [0.29, 0.717) is 16.1 Å². The molecule has 1 heterocycles. The van der Waals surface area contributed by atoms with Gasteiger partial charge in [0, 0.05) is 6.20 Å². The highest BCUT2D eigenvalue weighted by Gasteiger charge is 2.31. The summed E-state index contributed by atoms with van der Waals surface area (Å²) in [5, 5.41) is 1.03.